The third-order valence-corrected chi connectivity index (χ3v) is 4.73. The van der Waals surface area contributed by atoms with Crippen LogP contribution in [0.15, 0.2) is 54.6 Å². The van der Waals surface area contributed by atoms with Crippen molar-refractivity contribution >= 4 is 11.6 Å². The molecule has 29 heavy (non-hydrogen) atoms. The van der Waals surface area contributed by atoms with E-state index in [1.807, 2.05) is 42.5 Å². The Bertz CT molecular complexity index is 974. The average Bonchev–Trinajstić information content (AvgIpc) is 3.34. The lowest BCUT2D eigenvalue weighted by Gasteiger charge is -2.11. The molecule has 1 aliphatic heterocycles. The van der Waals surface area contributed by atoms with Gasteiger partial charge in [-0.3, -0.25) is 10.1 Å². The number of carbonyl (C=O) groups excluding carboxylic acids is 1. The van der Waals surface area contributed by atoms with Crippen LogP contribution in [0.5, 0.6) is 0 Å². The molecule has 0 bridgehead atoms. The second-order valence-corrected chi connectivity index (χ2v) is 7.00. The molecule has 2 aromatic carbocycles. The van der Waals surface area contributed by atoms with Crippen LogP contribution in [0.1, 0.15) is 12.0 Å². The van der Waals surface area contributed by atoms with E-state index in [9.17, 15) is 13.6 Å². The Morgan fingerprint density at radius 3 is 2.62 bits per heavy atom. The third kappa shape index (κ3) is 4.80. The molecule has 0 saturated carbocycles. The number of rotatable bonds is 6. The summed E-state index contributed by atoms with van der Waals surface area (Å²) < 4.78 is 26.4. The van der Waals surface area contributed by atoms with Crippen LogP contribution in [0.2, 0.25) is 0 Å². The maximum atomic E-state index is 13.2. The Morgan fingerprint density at radius 2 is 1.93 bits per heavy atom. The van der Waals surface area contributed by atoms with E-state index in [-0.39, 0.29) is 0 Å². The van der Waals surface area contributed by atoms with Crippen LogP contribution >= 0.6 is 0 Å². The number of amides is 1. The van der Waals surface area contributed by atoms with Gasteiger partial charge in [0, 0.05) is 17.7 Å². The van der Waals surface area contributed by atoms with Crippen LogP contribution in [0.25, 0.3) is 11.4 Å². The highest BCUT2D eigenvalue weighted by molar-refractivity contribution is 5.95. The zero-order valence-corrected chi connectivity index (χ0v) is 15.6. The summed E-state index contributed by atoms with van der Waals surface area (Å²) in [7, 11) is 0. The van der Waals surface area contributed by atoms with Gasteiger partial charge in [-0.1, -0.05) is 42.5 Å². The Balaban J connectivity index is 1.30. The van der Waals surface area contributed by atoms with Crippen molar-refractivity contribution in [3.8, 4) is 11.4 Å². The first kappa shape index (κ1) is 19.1. The average molecular weight is 398 g/mol. The number of nitrogens with one attached hydrogen (secondary N) is 2. The lowest BCUT2D eigenvalue weighted by molar-refractivity contribution is -0.118. The molecule has 1 fully saturated rings. The molecule has 2 N–H and O–H groups in total. The first-order valence-corrected chi connectivity index (χ1v) is 9.33. The fraction of sp³-hybridized carbons (Fsp3) is 0.300. The number of aromatic nitrogens is 4. The van der Waals surface area contributed by atoms with Crippen LogP contribution in [-0.4, -0.2) is 44.6 Å². The summed E-state index contributed by atoms with van der Waals surface area (Å²) in [6.07, 6.45) is 0.210. The van der Waals surface area contributed by atoms with Crippen LogP contribution in [0.4, 0.5) is 14.5 Å². The molecule has 1 unspecified atom stereocenters. The highest BCUT2D eigenvalue weighted by Crippen LogP contribution is 2.25. The standard InChI is InChI=1S/C20H20F2N6O/c21-20(22)12-17(23-13-20)19(29)24-16-8-6-14(7-9-16)10-11-28-26-18(25-27-28)15-4-2-1-3-5-15/h1-9,17,23H,10-13H2,(H,24,29). The van der Waals surface area contributed by atoms with Gasteiger partial charge in [-0.25, -0.2) is 8.78 Å². The van der Waals surface area contributed by atoms with E-state index in [0.717, 1.165) is 11.1 Å². The molecule has 0 aliphatic carbocycles. The lowest BCUT2D eigenvalue weighted by atomic mass is 10.1. The summed E-state index contributed by atoms with van der Waals surface area (Å²) >= 11 is 0. The van der Waals surface area contributed by atoms with Crippen molar-refractivity contribution in [2.24, 2.45) is 0 Å². The highest BCUT2D eigenvalue weighted by Gasteiger charge is 2.42. The van der Waals surface area contributed by atoms with E-state index in [1.165, 1.54) is 0 Å². The molecule has 4 rings (SSSR count). The number of carbonyl (C=O) groups is 1. The summed E-state index contributed by atoms with van der Waals surface area (Å²) in [4.78, 5) is 13.6. The number of halogens is 2. The minimum absolute atomic E-state index is 0.449. The van der Waals surface area contributed by atoms with Crippen LogP contribution in [-0.2, 0) is 17.8 Å². The predicted octanol–water partition coefficient (Wildman–Crippen LogP) is 2.52. The lowest BCUT2D eigenvalue weighted by Crippen LogP contribution is -2.35. The molecule has 1 saturated heterocycles. The van der Waals surface area contributed by atoms with Crippen LogP contribution < -0.4 is 10.6 Å². The Morgan fingerprint density at radius 1 is 1.17 bits per heavy atom. The summed E-state index contributed by atoms with van der Waals surface area (Å²) in [6, 6.07) is 16.0. The molecule has 1 amide bonds. The van der Waals surface area contributed by atoms with E-state index in [2.05, 4.69) is 26.0 Å². The van der Waals surface area contributed by atoms with Crippen molar-refractivity contribution in [2.45, 2.75) is 31.4 Å². The van der Waals surface area contributed by atoms with Crippen molar-refractivity contribution < 1.29 is 13.6 Å². The molecule has 3 aromatic rings. The van der Waals surface area contributed by atoms with Crippen molar-refractivity contribution in [3.63, 3.8) is 0 Å². The quantitative estimate of drug-likeness (QED) is 0.667. The second-order valence-electron chi connectivity index (χ2n) is 7.00. The van der Waals surface area contributed by atoms with E-state index < -0.39 is 30.8 Å². The Hall–Kier alpha value is -3.20. The number of hydrogen-bond donors (Lipinski definition) is 2. The summed E-state index contributed by atoms with van der Waals surface area (Å²) in [5, 5.41) is 17.7. The van der Waals surface area contributed by atoms with E-state index in [0.29, 0.717) is 24.5 Å². The monoisotopic (exact) mass is 398 g/mol. The van der Waals surface area contributed by atoms with Gasteiger partial charge in [0.1, 0.15) is 0 Å². The van der Waals surface area contributed by atoms with Gasteiger partial charge in [-0.05, 0) is 29.3 Å². The molecule has 7 nitrogen and oxygen atoms in total. The molecule has 1 aliphatic rings. The molecule has 2 heterocycles. The largest absolute Gasteiger partial charge is 0.325 e. The molecule has 0 radical (unpaired) electrons. The Labute approximate surface area is 166 Å². The summed E-state index contributed by atoms with van der Waals surface area (Å²) in [5.74, 6) is -2.70. The molecule has 0 spiro atoms. The second kappa shape index (κ2) is 8.04. The SMILES string of the molecule is O=C(Nc1ccc(CCn2nnc(-c3ccccc3)n2)cc1)C1CC(F)(F)CN1. The van der Waals surface area contributed by atoms with Crippen molar-refractivity contribution in [1.82, 2.24) is 25.5 Å². The zero-order chi connectivity index (χ0) is 20.3. The molecule has 1 atom stereocenters. The highest BCUT2D eigenvalue weighted by atomic mass is 19.3. The topological polar surface area (TPSA) is 84.7 Å². The smallest absolute Gasteiger partial charge is 0.262 e. The van der Waals surface area contributed by atoms with Gasteiger partial charge in [0.2, 0.25) is 11.7 Å². The van der Waals surface area contributed by atoms with Gasteiger partial charge in [0.05, 0.1) is 19.1 Å². The minimum atomic E-state index is -2.83. The maximum absolute atomic E-state index is 13.2. The fourth-order valence-corrected chi connectivity index (χ4v) is 3.15. The summed E-state index contributed by atoms with van der Waals surface area (Å²) in [6.45, 7) is 0.0962. The first-order chi connectivity index (χ1) is 14.0. The molecule has 150 valence electrons. The third-order valence-electron chi connectivity index (χ3n) is 4.73. The number of alkyl halides is 2. The fourth-order valence-electron chi connectivity index (χ4n) is 3.15. The summed E-state index contributed by atoms with van der Waals surface area (Å²) in [5.41, 5.74) is 2.52. The number of benzene rings is 2. The van der Waals surface area contributed by atoms with Gasteiger partial charge in [0.25, 0.3) is 5.92 Å². The number of nitrogens with zero attached hydrogens (tertiary/aromatic N) is 4. The van der Waals surface area contributed by atoms with Gasteiger partial charge < -0.3 is 5.32 Å². The predicted molar refractivity (Wildman–Crippen MR) is 103 cm³/mol. The normalized spacial score (nSPS) is 17.9. The van der Waals surface area contributed by atoms with Crippen LogP contribution in [0, 0.1) is 0 Å². The van der Waals surface area contributed by atoms with Gasteiger partial charge in [-0.15, -0.1) is 10.2 Å². The Kier molecular flexibility index (Phi) is 5.30. The molecular formula is C20H20F2N6O. The van der Waals surface area contributed by atoms with Crippen molar-refractivity contribution in [1.29, 1.82) is 0 Å². The van der Waals surface area contributed by atoms with Crippen LogP contribution in [0.3, 0.4) is 0 Å². The number of anilines is 1. The maximum Gasteiger partial charge on any atom is 0.262 e. The van der Waals surface area contributed by atoms with E-state index in [4.69, 9.17) is 0 Å². The van der Waals surface area contributed by atoms with E-state index in [1.54, 1.807) is 16.9 Å². The first-order valence-electron chi connectivity index (χ1n) is 9.33. The number of hydrogen-bond acceptors (Lipinski definition) is 5. The minimum Gasteiger partial charge on any atom is -0.325 e. The van der Waals surface area contributed by atoms with E-state index >= 15 is 0 Å². The molecule has 9 heteroatoms. The van der Waals surface area contributed by atoms with Gasteiger partial charge >= 0.3 is 0 Å². The van der Waals surface area contributed by atoms with Crippen molar-refractivity contribution in [3.05, 3.63) is 60.2 Å². The van der Waals surface area contributed by atoms with Gasteiger partial charge in [-0.2, -0.15) is 4.80 Å². The number of tetrazole rings is 1. The zero-order valence-electron chi connectivity index (χ0n) is 15.6. The van der Waals surface area contributed by atoms with Gasteiger partial charge in [0.15, 0.2) is 0 Å². The molecule has 1 aromatic heterocycles. The van der Waals surface area contributed by atoms with Crippen molar-refractivity contribution in [2.75, 3.05) is 11.9 Å². The number of aryl methyl sites for hydroxylation is 2. The molecular weight excluding hydrogens is 378 g/mol.